The van der Waals surface area contributed by atoms with Gasteiger partial charge >= 0.3 is 12.0 Å². The number of urea groups is 1. The fourth-order valence-corrected chi connectivity index (χ4v) is 5.68. The van der Waals surface area contributed by atoms with E-state index in [2.05, 4.69) is 22.6 Å². The summed E-state index contributed by atoms with van der Waals surface area (Å²) in [6.07, 6.45) is 5.82. The van der Waals surface area contributed by atoms with Crippen LogP contribution in [0.2, 0.25) is 10.0 Å². The molecular formula is C31H32Cl2N4O3. The Labute approximate surface area is 244 Å². The molecule has 4 aromatic rings. The van der Waals surface area contributed by atoms with Gasteiger partial charge in [-0.1, -0.05) is 60.7 Å². The van der Waals surface area contributed by atoms with Gasteiger partial charge < -0.3 is 24.8 Å². The van der Waals surface area contributed by atoms with Gasteiger partial charge in [-0.3, -0.25) is 0 Å². The highest BCUT2D eigenvalue weighted by Crippen LogP contribution is 2.35. The van der Waals surface area contributed by atoms with Gasteiger partial charge in [0, 0.05) is 29.9 Å². The molecule has 1 saturated carbocycles. The fraction of sp³-hybridized carbons (Fsp3) is 0.290. The molecule has 2 N–H and O–H groups in total. The van der Waals surface area contributed by atoms with Gasteiger partial charge in [-0.05, 0) is 68.3 Å². The predicted octanol–water partition coefficient (Wildman–Crippen LogP) is 8.53. The first-order valence-corrected chi connectivity index (χ1v) is 14.3. The maximum absolute atomic E-state index is 13.2. The highest BCUT2D eigenvalue weighted by atomic mass is 35.5. The minimum atomic E-state index is -0.420. The molecule has 3 aromatic carbocycles. The molecule has 0 bridgehead atoms. The largest absolute Gasteiger partial charge is 0.461 e. The van der Waals surface area contributed by atoms with Crippen molar-refractivity contribution in [3.8, 4) is 5.69 Å². The number of nitrogens with zero attached hydrogens (tertiary/aromatic N) is 2. The van der Waals surface area contributed by atoms with Crippen molar-refractivity contribution in [1.29, 1.82) is 0 Å². The number of fused-ring (bicyclic) bond motifs is 1. The number of rotatable bonds is 7. The van der Waals surface area contributed by atoms with Crippen LogP contribution in [0.1, 0.15) is 49.5 Å². The smallest absolute Gasteiger partial charge is 0.355 e. The maximum Gasteiger partial charge on any atom is 0.355 e. The Morgan fingerprint density at radius 1 is 0.950 bits per heavy atom. The number of anilines is 3. The Morgan fingerprint density at radius 3 is 2.48 bits per heavy atom. The average molecular weight is 580 g/mol. The van der Waals surface area contributed by atoms with Gasteiger partial charge in [-0.15, -0.1) is 0 Å². The summed E-state index contributed by atoms with van der Waals surface area (Å²) in [7, 11) is 2.07. The molecule has 0 spiro atoms. The number of nitrogens with one attached hydrogen (secondary N) is 2. The molecular weight excluding hydrogens is 547 g/mol. The monoisotopic (exact) mass is 578 g/mol. The van der Waals surface area contributed by atoms with Crippen LogP contribution in [0.5, 0.6) is 0 Å². The first kappa shape index (κ1) is 27.9. The number of amides is 2. The van der Waals surface area contributed by atoms with E-state index in [-0.39, 0.29) is 6.61 Å². The lowest BCUT2D eigenvalue weighted by molar-refractivity contribution is 0.0517. The van der Waals surface area contributed by atoms with Crippen molar-refractivity contribution in [2.45, 2.75) is 45.1 Å². The lowest BCUT2D eigenvalue weighted by Crippen LogP contribution is -2.34. The second-order valence-corrected chi connectivity index (χ2v) is 10.8. The van der Waals surface area contributed by atoms with Crippen molar-refractivity contribution in [1.82, 2.24) is 4.57 Å². The van der Waals surface area contributed by atoms with Gasteiger partial charge in [0.15, 0.2) is 0 Å². The van der Waals surface area contributed by atoms with Gasteiger partial charge in [0.2, 0.25) is 0 Å². The molecule has 1 aromatic heterocycles. The summed E-state index contributed by atoms with van der Waals surface area (Å²) in [4.78, 5) is 28.4. The van der Waals surface area contributed by atoms with Crippen molar-refractivity contribution in [2.24, 2.45) is 0 Å². The molecule has 0 radical (unpaired) electrons. The number of carbonyl (C=O) groups excluding carboxylic acids is 2. The van der Waals surface area contributed by atoms with Gasteiger partial charge in [0.05, 0.1) is 33.5 Å². The molecule has 2 amide bonds. The molecule has 1 fully saturated rings. The van der Waals surface area contributed by atoms with Gasteiger partial charge in [0.25, 0.3) is 0 Å². The SMILES string of the molecule is CCOC(=O)c1cc2ccccc2n1-c1ccc(N(C)C2CCCCC2)c(NC(=O)Nc2ccc(Cl)c(Cl)c2)c1. The van der Waals surface area contributed by atoms with Crippen LogP contribution in [0, 0.1) is 0 Å². The van der Waals surface area contributed by atoms with E-state index >= 15 is 0 Å². The molecule has 40 heavy (non-hydrogen) atoms. The third-order valence-corrected chi connectivity index (χ3v) is 8.10. The predicted molar refractivity (Wildman–Crippen MR) is 164 cm³/mol. The van der Waals surface area contributed by atoms with Crippen LogP contribution in [-0.2, 0) is 4.74 Å². The minimum Gasteiger partial charge on any atom is -0.461 e. The van der Waals surface area contributed by atoms with Gasteiger partial charge in [-0.2, -0.15) is 0 Å². The second kappa shape index (κ2) is 12.2. The summed E-state index contributed by atoms with van der Waals surface area (Å²) in [5.41, 5.74) is 4.05. The van der Waals surface area contributed by atoms with Gasteiger partial charge in [-0.25, -0.2) is 9.59 Å². The Morgan fingerprint density at radius 2 is 1.73 bits per heavy atom. The molecule has 5 rings (SSSR count). The molecule has 0 atom stereocenters. The Bertz CT molecular complexity index is 1550. The van der Waals surface area contributed by atoms with Crippen LogP contribution in [0.4, 0.5) is 21.9 Å². The minimum absolute atomic E-state index is 0.271. The van der Waals surface area contributed by atoms with Crippen molar-refractivity contribution in [2.75, 3.05) is 29.2 Å². The number of benzene rings is 3. The summed E-state index contributed by atoms with van der Waals surface area (Å²) in [6, 6.07) is 20.4. The van der Waals surface area contributed by atoms with Crippen molar-refractivity contribution in [3.63, 3.8) is 0 Å². The van der Waals surface area contributed by atoms with E-state index in [4.69, 9.17) is 27.9 Å². The quantitative estimate of drug-likeness (QED) is 0.215. The van der Waals surface area contributed by atoms with Crippen LogP contribution in [0.25, 0.3) is 16.6 Å². The zero-order valence-electron chi connectivity index (χ0n) is 22.5. The number of carbonyl (C=O) groups is 2. The van der Waals surface area contributed by atoms with Crippen LogP contribution in [0.3, 0.4) is 0 Å². The molecule has 208 valence electrons. The molecule has 7 nitrogen and oxygen atoms in total. The zero-order valence-corrected chi connectivity index (χ0v) is 24.1. The van der Waals surface area contributed by atoms with Crippen LogP contribution >= 0.6 is 23.2 Å². The van der Waals surface area contributed by atoms with Crippen LogP contribution < -0.4 is 15.5 Å². The first-order valence-electron chi connectivity index (χ1n) is 13.5. The van der Waals surface area contributed by atoms with E-state index in [1.165, 1.54) is 19.3 Å². The van der Waals surface area contributed by atoms with Crippen molar-refractivity contribution in [3.05, 3.63) is 82.5 Å². The lowest BCUT2D eigenvalue weighted by atomic mass is 9.94. The van der Waals surface area contributed by atoms with E-state index in [0.29, 0.717) is 33.2 Å². The van der Waals surface area contributed by atoms with E-state index in [1.54, 1.807) is 25.1 Å². The van der Waals surface area contributed by atoms with E-state index in [9.17, 15) is 9.59 Å². The third-order valence-electron chi connectivity index (χ3n) is 7.36. The van der Waals surface area contributed by atoms with E-state index < -0.39 is 12.0 Å². The molecule has 0 unspecified atom stereocenters. The average Bonchev–Trinajstić information content (AvgIpc) is 3.35. The molecule has 1 aliphatic carbocycles. The maximum atomic E-state index is 13.2. The standard InChI is InChI=1S/C31H32Cl2N4O3/c1-3-40-30(38)29-17-20-9-7-8-12-27(20)37(29)23-14-16-28(36(2)22-10-5-4-6-11-22)26(19-23)35-31(39)34-21-13-15-24(32)25(33)18-21/h7-9,12-19,22H,3-6,10-11H2,1-2H3,(H2,34,35,39). The highest BCUT2D eigenvalue weighted by Gasteiger charge is 2.23. The lowest BCUT2D eigenvalue weighted by Gasteiger charge is -2.34. The topological polar surface area (TPSA) is 75.6 Å². The third kappa shape index (κ3) is 5.91. The van der Waals surface area contributed by atoms with Crippen LogP contribution in [0.15, 0.2) is 66.7 Å². The number of hydrogen-bond acceptors (Lipinski definition) is 4. The van der Waals surface area contributed by atoms with Crippen LogP contribution in [-0.4, -0.2) is 36.3 Å². The van der Waals surface area contributed by atoms with Crippen molar-refractivity contribution < 1.29 is 14.3 Å². The summed E-state index contributed by atoms with van der Waals surface area (Å²) in [6.45, 7) is 2.06. The summed E-state index contributed by atoms with van der Waals surface area (Å²) in [5, 5.41) is 7.56. The fourth-order valence-electron chi connectivity index (χ4n) is 5.38. The summed E-state index contributed by atoms with van der Waals surface area (Å²) in [5.74, 6) is -0.408. The summed E-state index contributed by atoms with van der Waals surface area (Å²) < 4.78 is 7.25. The number of ether oxygens (including phenoxy) is 1. The van der Waals surface area contributed by atoms with E-state index in [0.717, 1.165) is 35.1 Å². The Hall–Kier alpha value is -3.68. The number of halogens is 2. The Balaban J connectivity index is 1.56. The normalized spacial score (nSPS) is 13.7. The number of aromatic nitrogens is 1. The zero-order chi connectivity index (χ0) is 28.2. The molecule has 1 aliphatic rings. The van der Waals surface area contributed by atoms with E-state index in [1.807, 2.05) is 53.1 Å². The van der Waals surface area contributed by atoms with Crippen molar-refractivity contribution >= 4 is 63.2 Å². The molecule has 9 heteroatoms. The number of esters is 1. The molecule has 1 heterocycles. The molecule has 0 saturated heterocycles. The summed E-state index contributed by atoms with van der Waals surface area (Å²) >= 11 is 12.2. The Kier molecular flexibility index (Phi) is 8.52. The highest BCUT2D eigenvalue weighted by molar-refractivity contribution is 6.42. The first-order chi connectivity index (χ1) is 19.4. The van der Waals surface area contributed by atoms with Gasteiger partial charge in [0.1, 0.15) is 5.69 Å². The number of hydrogen-bond donors (Lipinski definition) is 2. The number of para-hydroxylation sites is 1. The second-order valence-electron chi connectivity index (χ2n) is 9.96. The molecule has 0 aliphatic heterocycles.